The standard InChI is InChI=1S/C22H21BrN2O3/c23-15-8-17-16-6-5-14(22(27)28-11-13-3-4-13)7-19(16)25(10-12-1-2-12)20(17)18(9-15)21(24)26/h5-9,12-13H,1-4,10-11H2,(H2,24,26). The fourth-order valence-electron chi connectivity index (χ4n) is 3.82. The molecule has 0 spiro atoms. The lowest BCUT2D eigenvalue weighted by Gasteiger charge is -2.10. The second kappa shape index (κ2) is 6.62. The van der Waals surface area contributed by atoms with Crippen molar-refractivity contribution in [2.24, 2.45) is 17.6 Å². The molecule has 1 heterocycles. The topological polar surface area (TPSA) is 74.3 Å². The summed E-state index contributed by atoms with van der Waals surface area (Å²) in [6.07, 6.45) is 4.67. The molecule has 144 valence electrons. The Bertz CT molecular complexity index is 1130. The van der Waals surface area contributed by atoms with Gasteiger partial charge in [0.25, 0.3) is 5.91 Å². The predicted octanol–water partition coefficient (Wildman–Crippen LogP) is 4.63. The number of benzene rings is 2. The van der Waals surface area contributed by atoms with Crippen molar-refractivity contribution in [3.8, 4) is 0 Å². The number of nitrogens with two attached hydrogens (primary N) is 1. The lowest BCUT2D eigenvalue weighted by atomic mass is 10.1. The normalized spacial score (nSPS) is 16.6. The van der Waals surface area contributed by atoms with Crippen molar-refractivity contribution >= 4 is 49.6 Å². The molecule has 5 nitrogen and oxygen atoms in total. The van der Waals surface area contributed by atoms with Gasteiger partial charge in [0.05, 0.1) is 23.3 Å². The van der Waals surface area contributed by atoms with Crippen LogP contribution in [-0.2, 0) is 11.3 Å². The molecule has 6 heteroatoms. The molecule has 2 N–H and O–H groups in total. The molecule has 2 aliphatic carbocycles. The van der Waals surface area contributed by atoms with Gasteiger partial charge >= 0.3 is 5.97 Å². The highest BCUT2D eigenvalue weighted by atomic mass is 79.9. The largest absolute Gasteiger partial charge is 0.462 e. The number of aromatic nitrogens is 1. The van der Waals surface area contributed by atoms with Crippen LogP contribution in [0.4, 0.5) is 0 Å². The third kappa shape index (κ3) is 3.20. The van der Waals surface area contributed by atoms with E-state index in [0.29, 0.717) is 29.6 Å². The zero-order chi connectivity index (χ0) is 19.4. The summed E-state index contributed by atoms with van der Waals surface area (Å²) in [6.45, 7) is 1.32. The van der Waals surface area contributed by atoms with Gasteiger partial charge in [0.1, 0.15) is 0 Å². The molecule has 2 fully saturated rings. The fourth-order valence-corrected chi connectivity index (χ4v) is 4.28. The summed E-state index contributed by atoms with van der Waals surface area (Å²) in [7, 11) is 0. The van der Waals surface area contributed by atoms with Crippen molar-refractivity contribution in [1.82, 2.24) is 4.57 Å². The van der Waals surface area contributed by atoms with Gasteiger partial charge in [-0.1, -0.05) is 22.0 Å². The summed E-state index contributed by atoms with van der Waals surface area (Å²) < 4.78 is 8.43. The van der Waals surface area contributed by atoms with E-state index in [0.717, 1.165) is 45.7 Å². The second-order valence-electron chi connectivity index (χ2n) is 8.04. The Kier molecular flexibility index (Phi) is 4.19. The highest BCUT2D eigenvalue weighted by Crippen LogP contribution is 2.38. The molecule has 0 aliphatic heterocycles. The molecule has 2 aromatic carbocycles. The summed E-state index contributed by atoms with van der Waals surface area (Å²) in [5.74, 6) is 0.404. The first kappa shape index (κ1) is 17.7. The Morgan fingerprint density at radius 1 is 1.07 bits per heavy atom. The molecule has 0 saturated heterocycles. The van der Waals surface area contributed by atoms with Crippen LogP contribution < -0.4 is 5.73 Å². The summed E-state index contributed by atoms with van der Waals surface area (Å²) in [5, 5.41) is 1.98. The summed E-state index contributed by atoms with van der Waals surface area (Å²) in [5.41, 5.74) is 8.53. The number of fused-ring (bicyclic) bond motifs is 3. The number of halogens is 1. The SMILES string of the molecule is NC(=O)c1cc(Br)cc2c3ccc(C(=O)OCC4CC4)cc3n(CC3CC3)c12. The molecule has 3 aromatic rings. The molecule has 2 saturated carbocycles. The van der Waals surface area contributed by atoms with E-state index in [1.54, 1.807) is 6.07 Å². The maximum atomic E-state index is 12.5. The molecule has 1 aromatic heterocycles. The molecular weight excluding hydrogens is 420 g/mol. The molecule has 0 radical (unpaired) electrons. The van der Waals surface area contributed by atoms with Gasteiger partial charge in [0, 0.05) is 27.3 Å². The van der Waals surface area contributed by atoms with E-state index in [2.05, 4.69) is 20.5 Å². The van der Waals surface area contributed by atoms with Crippen LogP contribution in [0.1, 0.15) is 46.4 Å². The van der Waals surface area contributed by atoms with E-state index < -0.39 is 5.91 Å². The average molecular weight is 441 g/mol. The van der Waals surface area contributed by atoms with Crippen molar-refractivity contribution in [3.05, 3.63) is 45.9 Å². The molecule has 2 aliphatic rings. The maximum absolute atomic E-state index is 12.5. The minimum absolute atomic E-state index is 0.284. The van der Waals surface area contributed by atoms with Crippen LogP contribution in [0.15, 0.2) is 34.8 Å². The number of nitrogens with zero attached hydrogens (tertiary/aromatic N) is 1. The fraction of sp³-hybridized carbons (Fsp3) is 0.364. The van der Waals surface area contributed by atoms with Gasteiger partial charge in [-0.25, -0.2) is 4.79 Å². The average Bonchev–Trinajstić information content (AvgIpc) is 3.58. The van der Waals surface area contributed by atoms with Crippen molar-refractivity contribution < 1.29 is 14.3 Å². The van der Waals surface area contributed by atoms with E-state index in [4.69, 9.17) is 10.5 Å². The molecule has 28 heavy (non-hydrogen) atoms. The Labute approximate surface area is 170 Å². The lowest BCUT2D eigenvalue weighted by Crippen LogP contribution is -2.13. The number of hydrogen-bond donors (Lipinski definition) is 1. The third-order valence-electron chi connectivity index (χ3n) is 5.71. The first-order valence-electron chi connectivity index (χ1n) is 9.73. The first-order valence-corrected chi connectivity index (χ1v) is 10.5. The maximum Gasteiger partial charge on any atom is 0.338 e. The van der Waals surface area contributed by atoms with Gasteiger partial charge in [-0.2, -0.15) is 0 Å². The minimum atomic E-state index is -0.449. The quantitative estimate of drug-likeness (QED) is 0.567. The smallest absolute Gasteiger partial charge is 0.338 e. The predicted molar refractivity (Wildman–Crippen MR) is 111 cm³/mol. The Balaban J connectivity index is 1.68. The van der Waals surface area contributed by atoms with Gasteiger partial charge in [0.2, 0.25) is 0 Å². The van der Waals surface area contributed by atoms with Crippen LogP contribution in [-0.4, -0.2) is 23.1 Å². The van der Waals surface area contributed by atoms with Crippen LogP contribution in [0.25, 0.3) is 21.8 Å². The highest BCUT2D eigenvalue weighted by molar-refractivity contribution is 9.10. The first-order chi connectivity index (χ1) is 13.5. The number of amides is 1. The van der Waals surface area contributed by atoms with Crippen molar-refractivity contribution in [1.29, 1.82) is 0 Å². The number of carbonyl (C=O) groups is 2. The van der Waals surface area contributed by atoms with E-state index in [1.807, 2.05) is 24.3 Å². The van der Waals surface area contributed by atoms with Crippen LogP contribution in [0, 0.1) is 11.8 Å². The van der Waals surface area contributed by atoms with E-state index in [1.165, 1.54) is 12.8 Å². The van der Waals surface area contributed by atoms with Crippen molar-refractivity contribution in [2.45, 2.75) is 32.2 Å². The third-order valence-corrected chi connectivity index (χ3v) is 6.17. The number of primary amides is 1. The summed E-state index contributed by atoms with van der Waals surface area (Å²) in [6, 6.07) is 9.44. The molecule has 0 bridgehead atoms. The van der Waals surface area contributed by atoms with Gasteiger partial charge in [-0.15, -0.1) is 0 Å². The zero-order valence-electron chi connectivity index (χ0n) is 15.4. The van der Waals surface area contributed by atoms with Crippen LogP contribution >= 0.6 is 15.9 Å². The number of hydrogen-bond acceptors (Lipinski definition) is 3. The summed E-state index contributed by atoms with van der Waals surface area (Å²) in [4.78, 5) is 24.6. The molecule has 0 atom stereocenters. The number of esters is 1. The van der Waals surface area contributed by atoms with Gasteiger partial charge in [0.15, 0.2) is 0 Å². The summed E-state index contributed by atoms with van der Waals surface area (Å²) >= 11 is 3.50. The molecule has 0 unspecified atom stereocenters. The number of carbonyl (C=O) groups excluding carboxylic acids is 2. The Hall–Kier alpha value is -2.34. The Morgan fingerprint density at radius 2 is 1.82 bits per heavy atom. The van der Waals surface area contributed by atoms with Gasteiger partial charge in [-0.05, 0) is 61.8 Å². The minimum Gasteiger partial charge on any atom is -0.462 e. The molecule has 5 rings (SSSR count). The molecule has 1 amide bonds. The van der Waals surface area contributed by atoms with Crippen LogP contribution in [0.3, 0.4) is 0 Å². The zero-order valence-corrected chi connectivity index (χ0v) is 17.0. The highest BCUT2D eigenvalue weighted by Gasteiger charge is 2.27. The van der Waals surface area contributed by atoms with Gasteiger partial charge in [-0.3, -0.25) is 4.79 Å². The Morgan fingerprint density at radius 3 is 2.50 bits per heavy atom. The number of ether oxygens (including phenoxy) is 1. The molecular formula is C22H21BrN2O3. The van der Waals surface area contributed by atoms with Crippen molar-refractivity contribution in [2.75, 3.05) is 6.61 Å². The van der Waals surface area contributed by atoms with Crippen LogP contribution in [0.2, 0.25) is 0 Å². The van der Waals surface area contributed by atoms with E-state index in [-0.39, 0.29) is 5.97 Å². The van der Waals surface area contributed by atoms with E-state index >= 15 is 0 Å². The van der Waals surface area contributed by atoms with Crippen LogP contribution in [0.5, 0.6) is 0 Å². The van der Waals surface area contributed by atoms with E-state index in [9.17, 15) is 9.59 Å². The second-order valence-corrected chi connectivity index (χ2v) is 8.96. The van der Waals surface area contributed by atoms with Crippen molar-refractivity contribution in [3.63, 3.8) is 0 Å². The monoisotopic (exact) mass is 440 g/mol. The van der Waals surface area contributed by atoms with Gasteiger partial charge < -0.3 is 15.0 Å². The number of rotatable bonds is 6. The lowest BCUT2D eigenvalue weighted by molar-refractivity contribution is 0.0486.